The smallest absolute Gasteiger partial charge is 0.0564 e. The van der Waals surface area contributed by atoms with Crippen LogP contribution in [-0.4, -0.2) is 6.21 Å². The van der Waals surface area contributed by atoms with E-state index < -0.39 is 0 Å². The van der Waals surface area contributed by atoms with E-state index in [0.29, 0.717) is 0 Å². The lowest BCUT2D eigenvalue weighted by Crippen LogP contribution is -1.87. The van der Waals surface area contributed by atoms with Crippen LogP contribution in [0.4, 0.5) is 5.69 Å². The number of benzene rings is 1. The summed E-state index contributed by atoms with van der Waals surface area (Å²) in [5, 5.41) is 3.91. The number of hydrogen-bond acceptors (Lipinski definition) is 2. The Kier molecular flexibility index (Phi) is 6.60. The largest absolute Gasteiger partial charge is 0.279 e. The molecule has 1 aromatic carbocycles. The zero-order valence-corrected chi connectivity index (χ0v) is 8.83. The van der Waals surface area contributed by atoms with Crippen molar-refractivity contribution in [3.63, 3.8) is 0 Å². The average Bonchev–Trinajstić information content (AvgIpc) is 2.18. The van der Waals surface area contributed by atoms with Crippen molar-refractivity contribution in [1.29, 1.82) is 0 Å². The molecule has 0 bridgehead atoms. The molecule has 1 N–H and O–H groups in total. The lowest BCUT2D eigenvalue weighted by molar-refractivity contribution is 1.33. The van der Waals surface area contributed by atoms with Crippen LogP contribution in [0.3, 0.4) is 0 Å². The summed E-state index contributed by atoms with van der Waals surface area (Å²) in [6.45, 7) is 7.93. The molecular weight excluding hydrogens is 160 g/mol. The lowest BCUT2D eigenvalue weighted by atomic mass is 10.2. The number of aryl methyl sites for hydroxylation is 1. The minimum Gasteiger partial charge on any atom is -0.279 e. The molecule has 13 heavy (non-hydrogen) atoms. The first kappa shape index (κ1) is 11.7. The lowest BCUT2D eigenvalue weighted by Gasteiger charge is -1.99. The van der Waals surface area contributed by atoms with Crippen LogP contribution in [0.1, 0.15) is 26.3 Å². The maximum atomic E-state index is 3.91. The average molecular weight is 178 g/mol. The molecule has 0 radical (unpaired) electrons. The zero-order chi connectivity index (χ0) is 10.1. The highest BCUT2D eigenvalue weighted by Crippen LogP contribution is 2.08. The predicted octanol–water partition coefficient (Wildman–Crippen LogP) is 3.44. The van der Waals surface area contributed by atoms with E-state index in [4.69, 9.17) is 0 Å². The van der Waals surface area contributed by atoms with E-state index in [-0.39, 0.29) is 0 Å². The van der Waals surface area contributed by atoms with Gasteiger partial charge in [-0.3, -0.25) is 5.43 Å². The molecule has 72 valence electrons. The van der Waals surface area contributed by atoms with Crippen LogP contribution in [0.5, 0.6) is 0 Å². The summed E-state index contributed by atoms with van der Waals surface area (Å²) in [6.07, 6.45) is 1.72. The molecular formula is C11H18N2. The summed E-state index contributed by atoms with van der Waals surface area (Å²) < 4.78 is 0. The zero-order valence-electron chi connectivity index (χ0n) is 8.83. The molecule has 0 fully saturated rings. The standard InChI is InChI=1S/C9H12N2.C2H6/c1-3-10-11-9-6-4-5-8(2)7-9;1-2/h3-7,11H,1-2H3;1-2H3/b10-3-;. The van der Waals surface area contributed by atoms with Crippen molar-refractivity contribution >= 4 is 11.9 Å². The van der Waals surface area contributed by atoms with Crippen molar-refractivity contribution in [3.05, 3.63) is 29.8 Å². The number of nitrogens with zero attached hydrogens (tertiary/aromatic N) is 1. The Balaban J connectivity index is 0.000000671. The monoisotopic (exact) mass is 178 g/mol. The van der Waals surface area contributed by atoms with E-state index in [2.05, 4.69) is 23.5 Å². The fraction of sp³-hybridized carbons (Fsp3) is 0.364. The predicted molar refractivity (Wildman–Crippen MR) is 60.3 cm³/mol. The Morgan fingerprint density at radius 2 is 2.00 bits per heavy atom. The molecule has 0 saturated heterocycles. The molecule has 0 saturated carbocycles. The summed E-state index contributed by atoms with van der Waals surface area (Å²) in [5.41, 5.74) is 5.17. The van der Waals surface area contributed by atoms with Gasteiger partial charge in [0.15, 0.2) is 0 Å². The van der Waals surface area contributed by atoms with Gasteiger partial charge in [0.05, 0.1) is 5.69 Å². The van der Waals surface area contributed by atoms with Crippen LogP contribution in [0.25, 0.3) is 0 Å². The van der Waals surface area contributed by atoms with Gasteiger partial charge in [0.2, 0.25) is 0 Å². The number of nitrogens with one attached hydrogen (secondary N) is 1. The molecule has 2 nitrogen and oxygen atoms in total. The first-order valence-corrected chi connectivity index (χ1v) is 4.63. The minimum atomic E-state index is 1.03. The maximum absolute atomic E-state index is 3.91. The Bertz CT molecular complexity index is 254. The van der Waals surface area contributed by atoms with Gasteiger partial charge in [-0.25, -0.2) is 0 Å². The minimum absolute atomic E-state index is 1.03. The first-order valence-electron chi connectivity index (χ1n) is 4.63. The number of hydrazone groups is 1. The van der Waals surface area contributed by atoms with Crippen molar-refractivity contribution in [2.45, 2.75) is 27.7 Å². The van der Waals surface area contributed by atoms with Gasteiger partial charge >= 0.3 is 0 Å². The van der Waals surface area contributed by atoms with Gasteiger partial charge in [-0.1, -0.05) is 26.0 Å². The normalized spacial score (nSPS) is 9.23. The van der Waals surface area contributed by atoms with Crippen molar-refractivity contribution in [2.75, 3.05) is 5.43 Å². The molecule has 0 atom stereocenters. The molecule has 0 aromatic heterocycles. The summed E-state index contributed by atoms with van der Waals surface area (Å²) in [5.74, 6) is 0. The van der Waals surface area contributed by atoms with Crippen LogP contribution in [0, 0.1) is 6.92 Å². The molecule has 0 aliphatic carbocycles. The molecule has 0 spiro atoms. The highest BCUT2D eigenvalue weighted by molar-refractivity contribution is 5.56. The van der Waals surface area contributed by atoms with Crippen molar-refractivity contribution in [3.8, 4) is 0 Å². The van der Waals surface area contributed by atoms with Gasteiger partial charge in [0.1, 0.15) is 0 Å². The van der Waals surface area contributed by atoms with Gasteiger partial charge in [0, 0.05) is 6.21 Å². The third-order valence-corrected chi connectivity index (χ3v) is 1.34. The Morgan fingerprint density at radius 1 is 1.31 bits per heavy atom. The fourth-order valence-corrected chi connectivity index (χ4v) is 0.854. The Labute approximate surface area is 80.7 Å². The summed E-state index contributed by atoms with van der Waals surface area (Å²) >= 11 is 0. The second kappa shape index (κ2) is 7.35. The van der Waals surface area contributed by atoms with Gasteiger partial charge in [-0.15, -0.1) is 0 Å². The van der Waals surface area contributed by atoms with E-state index in [1.54, 1.807) is 6.21 Å². The highest BCUT2D eigenvalue weighted by Gasteiger charge is 1.87. The molecule has 0 heterocycles. The van der Waals surface area contributed by atoms with E-state index in [1.807, 2.05) is 39.0 Å². The molecule has 0 aliphatic heterocycles. The third-order valence-electron chi connectivity index (χ3n) is 1.34. The van der Waals surface area contributed by atoms with E-state index in [0.717, 1.165) is 5.69 Å². The van der Waals surface area contributed by atoms with Gasteiger partial charge in [0.25, 0.3) is 0 Å². The highest BCUT2D eigenvalue weighted by atomic mass is 15.3. The topological polar surface area (TPSA) is 24.4 Å². The van der Waals surface area contributed by atoms with Gasteiger partial charge in [-0.2, -0.15) is 5.10 Å². The quantitative estimate of drug-likeness (QED) is 0.544. The van der Waals surface area contributed by atoms with Crippen LogP contribution in [0.2, 0.25) is 0 Å². The van der Waals surface area contributed by atoms with Crippen LogP contribution >= 0.6 is 0 Å². The third kappa shape index (κ3) is 5.01. The molecule has 0 unspecified atom stereocenters. The second-order valence-electron chi connectivity index (χ2n) is 2.37. The van der Waals surface area contributed by atoms with Crippen LogP contribution < -0.4 is 5.43 Å². The summed E-state index contributed by atoms with van der Waals surface area (Å²) in [4.78, 5) is 0. The Morgan fingerprint density at radius 3 is 2.54 bits per heavy atom. The molecule has 2 heteroatoms. The van der Waals surface area contributed by atoms with E-state index in [1.165, 1.54) is 5.56 Å². The number of anilines is 1. The van der Waals surface area contributed by atoms with Gasteiger partial charge < -0.3 is 0 Å². The van der Waals surface area contributed by atoms with Crippen LogP contribution in [-0.2, 0) is 0 Å². The molecule has 0 aliphatic rings. The number of hydrogen-bond donors (Lipinski definition) is 1. The van der Waals surface area contributed by atoms with E-state index in [9.17, 15) is 0 Å². The van der Waals surface area contributed by atoms with Crippen molar-refractivity contribution < 1.29 is 0 Å². The molecule has 0 amide bonds. The molecule has 1 aromatic rings. The first-order chi connectivity index (χ1) is 6.33. The summed E-state index contributed by atoms with van der Waals surface area (Å²) in [7, 11) is 0. The van der Waals surface area contributed by atoms with Gasteiger partial charge in [-0.05, 0) is 31.5 Å². The van der Waals surface area contributed by atoms with Crippen LogP contribution in [0.15, 0.2) is 29.4 Å². The molecule has 1 rings (SSSR count). The number of rotatable bonds is 2. The summed E-state index contributed by atoms with van der Waals surface area (Å²) in [6, 6.07) is 8.09. The van der Waals surface area contributed by atoms with Crippen molar-refractivity contribution in [1.82, 2.24) is 0 Å². The second-order valence-corrected chi connectivity index (χ2v) is 2.37. The van der Waals surface area contributed by atoms with E-state index >= 15 is 0 Å². The Hall–Kier alpha value is -1.31. The van der Waals surface area contributed by atoms with Crippen molar-refractivity contribution in [2.24, 2.45) is 5.10 Å². The SMILES string of the molecule is C/C=N\Nc1cccc(C)c1.CC. The fourth-order valence-electron chi connectivity index (χ4n) is 0.854. The maximum Gasteiger partial charge on any atom is 0.0564 e.